The van der Waals surface area contributed by atoms with Crippen LogP contribution in [0.15, 0.2) is 48.5 Å². The van der Waals surface area contributed by atoms with Gasteiger partial charge in [0.2, 0.25) is 0 Å². The van der Waals surface area contributed by atoms with Crippen LogP contribution in [0.5, 0.6) is 5.75 Å². The average Bonchev–Trinajstić information content (AvgIpc) is 2.48. The van der Waals surface area contributed by atoms with E-state index < -0.39 is 0 Å². The molecule has 2 rings (SSSR count). The van der Waals surface area contributed by atoms with Gasteiger partial charge < -0.3 is 15.4 Å². The van der Waals surface area contributed by atoms with Gasteiger partial charge in [-0.15, -0.1) is 0 Å². The van der Waals surface area contributed by atoms with E-state index in [0.717, 1.165) is 11.1 Å². The van der Waals surface area contributed by atoms with E-state index in [4.69, 9.17) is 16.3 Å². The van der Waals surface area contributed by atoms with Gasteiger partial charge in [0.15, 0.2) is 6.73 Å². The third-order valence-electron chi connectivity index (χ3n) is 2.99. The first kappa shape index (κ1) is 15.2. The molecule has 2 N–H and O–H groups in total. The van der Waals surface area contributed by atoms with Gasteiger partial charge >= 0.3 is 6.03 Å². The van der Waals surface area contributed by atoms with Gasteiger partial charge in [0, 0.05) is 11.6 Å². The van der Waals surface area contributed by atoms with E-state index in [-0.39, 0.29) is 12.8 Å². The quantitative estimate of drug-likeness (QED) is 0.831. The number of hydrogen-bond donors (Lipinski definition) is 2. The lowest BCUT2D eigenvalue weighted by atomic mass is 10.1. The number of urea groups is 1. The topological polar surface area (TPSA) is 50.4 Å². The Hall–Kier alpha value is -2.20. The lowest BCUT2D eigenvalue weighted by Crippen LogP contribution is -2.37. The molecule has 0 unspecified atom stereocenters. The smallest absolute Gasteiger partial charge is 0.317 e. The van der Waals surface area contributed by atoms with E-state index >= 15 is 0 Å². The number of carbonyl (C=O) groups excluding carboxylic acids is 1. The van der Waals surface area contributed by atoms with Crippen LogP contribution in [0.2, 0.25) is 5.02 Å². The minimum Gasteiger partial charge on any atom is -0.473 e. The van der Waals surface area contributed by atoms with Crippen molar-refractivity contribution >= 4 is 17.6 Å². The highest BCUT2D eigenvalue weighted by atomic mass is 35.5. The van der Waals surface area contributed by atoms with Crippen molar-refractivity contribution in [2.45, 2.75) is 13.5 Å². The Bertz CT molecular complexity index is 599. The molecule has 0 aromatic heterocycles. The van der Waals surface area contributed by atoms with Crippen LogP contribution in [0.1, 0.15) is 11.1 Å². The average molecular weight is 305 g/mol. The van der Waals surface area contributed by atoms with E-state index in [9.17, 15) is 4.79 Å². The van der Waals surface area contributed by atoms with Crippen molar-refractivity contribution in [1.29, 1.82) is 0 Å². The Kier molecular flexibility index (Phi) is 5.46. The van der Waals surface area contributed by atoms with E-state index in [1.165, 1.54) is 0 Å². The molecule has 4 nitrogen and oxygen atoms in total. The first-order chi connectivity index (χ1) is 10.1. The Balaban J connectivity index is 1.70. The van der Waals surface area contributed by atoms with Crippen LogP contribution in [0.4, 0.5) is 4.79 Å². The fraction of sp³-hybridized carbons (Fsp3) is 0.188. The van der Waals surface area contributed by atoms with Crippen LogP contribution in [-0.4, -0.2) is 12.8 Å². The second-order valence-corrected chi connectivity index (χ2v) is 4.96. The monoisotopic (exact) mass is 304 g/mol. The summed E-state index contributed by atoms with van der Waals surface area (Å²) in [5.74, 6) is 0.651. The Morgan fingerprint density at radius 1 is 1.10 bits per heavy atom. The second-order valence-electron chi connectivity index (χ2n) is 4.53. The molecule has 0 spiro atoms. The molecule has 0 aliphatic carbocycles. The van der Waals surface area contributed by atoms with Gasteiger partial charge in [-0.2, -0.15) is 0 Å². The molecule has 0 heterocycles. The van der Waals surface area contributed by atoms with Crippen LogP contribution in [-0.2, 0) is 6.54 Å². The lowest BCUT2D eigenvalue weighted by Gasteiger charge is -2.10. The maximum absolute atomic E-state index is 11.6. The summed E-state index contributed by atoms with van der Waals surface area (Å²) in [6.45, 7) is 2.60. The first-order valence-electron chi connectivity index (χ1n) is 6.60. The van der Waals surface area contributed by atoms with Gasteiger partial charge in [0.1, 0.15) is 5.75 Å². The molecule has 2 aromatic carbocycles. The number of benzene rings is 2. The number of rotatable bonds is 5. The van der Waals surface area contributed by atoms with Crippen molar-refractivity contribution in [2.24, 2.45) is 0 Å². The summed E-state index contributed by atoms with van der Waals surface area (Å²) >= 11 is 5.77. The summed E-state index contributed by atoms with van der Waals surface area (Å²) in [7, 11) is 0. The summed E-state index contributed by atoms with van der Waals surface area (Å²) in [6, 6.07) is 14.6. The number of halogens is 1. The van der Waals surface area contributed by atoms with Gasteiger partial charge in [0.25, 0.3) is 0 Å². The Morgan fingerprint density at radius 3 is 2.52 bits per heavy atom. The Labute approximate surface area is 129 Å². The van der Waals surface area contributed by atoms with Gasteiger partial charge in [-0.25, -0.2) is 4.79 Å². The summed E-state index contributed by atoms with van der Waals surface area (Å²) < 4.78 is 5.38. The second kappa shape index (κ2) is 7.55. The molecule has 0 radical (unpaired) electrons. The van der Waals surface area contributed by atoms with Crippen LogP contribution in [0, 0.1) is 6.92 Å². The maximum Gasteiger partial charge on any atom is 0.317 e. The number of hydrogen-bond acceptors (Lipinski definition) is 2. The van der Waals surface area contributed by atoms with Crippen molar-refractivity contribution in [1.82, 2.24) is 10.6 Å². The van der Waals surface area contributed by atoms with Crippen molar-refractivity contribution in [3.63, 3.8) is 0 Å². The number of amides is 2. The molecular weight excluding hydrogens is 288 g/mol. The van der Waals surface area contributed by atoms with Crippen molar-refractivity contribution in [3.8, 4) is 5.75 Å². The van der Waals surface area contributed by atoms with Crippen LogP contribution >= 0.6 is 11.6 Å². The number of carbonyl (C=O) groups is 1. The number of ether oxygens (including phenoxy) is 1. The van der Waals surface area contributed by atoms with Crippen LogP contribution in [0.25, 0.3) is 0 Å². The molecule has 0 aliphatic heterocycles. The zero-order valence-electron chi connectivity index (χ0n) is 11.7. The number of nitrogens with one attached hydrogen (secondary N) is 2. The van der Waals surface area contributed by atoms with E-state index in [1.54, 1.807) is 24.3 Å². The van der Waals surface area contributed by atoms with E-state index in [0.29, 0.717) is 17.3 Å². The van der Waals surface area contributed by atoms with Crippen molar-refractivity contribution in [3.05, 3.63) is 64.7 Å². The predicted molar refractivity (Wildman–Crippen MR) is 83.5 cm³/mol. The maximum atomic E-state index is 11.6. The highest BCUT2D eigenvalue weighted by Crippen LogP contribution is 2.14. The summed E-state index contributed by atoms with van der Waals surface area (Å²) in [4.78, 5) is 11.6. The molecule has 0 bridgehead atoms. The molecule has 110 valence electrons. The summed E-state index contributed by atoms with van der Waals surface area (Å²) in [5, 5.41) is 6.06. The van der Waals surface area contributed by atoms with Gasteiger partial charge in [0.05, 0.1) is 0 Å². The van der Waals surface area contributed by atoms with Crippen molar-refractivity contribution in [2.75, 3.05) is 6.73 Å². The third-order valence-corrected chi connectivity index (χ3v) is 3.24. The molecule has 21 heavy (non-hydrogen) atoms. The molecule has 5 heteroatoms. The SMILES string of the molecule is Cc1ccccc1CNC(=O)NCOc1ccc(Cl)cc1. The fourth-order valence-electron chi connectivity index (χ4n) is 1.76. The minimum atomic E-state index is -0.271. The Morgan fingerprint density at radius 2 is 1.81 bits per heavy atom. The zero-order chi connectivity index (χ0) is 15.1. The lowest BCUT2D eigenvalue weighted by molar-refractivity contribution is 0.223. The van der Waals surface area contributed by atoms with Gasteiger partial charge in [-0.3, -0.25) is 0 Å². The van der Waals surface area contributed by atoms with Gasteiger partial charge in [-0.05, 0) is 42.3 Å². The number of aryl methyl sites for hydroxylation is 1. The van der Waals surface area contributed by atoms with Gasteiger partial charge in [-0.1, -0.05) is 35.9 Å². The first-order valence-corrected chi connectivity index (χ1v) is 6.97. The highest BCUT2D eigenvalue weighted by Gasteiger charge is 2.02. The minimum absolute atomic E-state index is 0.0984. The van der Waals surface area contributed by atoms with E-state index in [1.807, 2.05) is 31.2 Å². The normalized spacial score (nSPS) is 10.0. The van der Waals surface area contributed by atoms with Crippen LogP contribution in [0.3, 0.4) is 0 Å². The molecule has 2 aromatic rings. The molecule has 0 saturated carbocycles. The summed E-state index contributed by atoms with van der Waals surface area (Å²) in [6.07, 6.45) is 0. The highest BCUT2D eigenvalue weighted by molar-refractivity contribution is 6.30. The van der Waals surface area contributed by atoms with Crippen molar-refractivity contribution < 1.29 is 9.53 Å². The largest absolute Gasteiger partial charge is 0.473 e. The predicted octanol–water partition coefficient (Wildman–Crippen LogP) is 3.48. The molecule has 0 fully saturated rings. The fourth-order valence-corrected chi connectivity index (χ4v) is 1.89. The molecule has 0 atom stereocenters. The molecule has 2 amide bonds. The summed E-state index contributed by atoms with van der Waals surface area (Å²) in [5.41, 5.74) is 2.24. The molecule has 0 saturated heterocycles. The van der Waals surface area contributed by atoms with E-state index in [2.05, 4.69) is 10.6 Å². The standard InChI is InChI=1S/C16H17ClN2O2/c1-12-4-2-3-5-13(12)10-18-16(20)19-11-21-15-8-6-14(17)7-9-15/h2-9H,10-11H2,1H3,(H2,18,19,20). The molecular formula is C16H17ClN2O2. The van der Waals surface area contributed by atoms with Crippen LogP contribution < -0.4 is 15.4 Å². The third kappa shape index (κ3) is 5.00. The zero-order valence-corrected chi connectivity index (χ0v) is 12.5. The molecule has 0 aliphatic rings.